The molecule has 0 aromatic heterocycles. The smallest absolute Gasteiger partial charge is 0.306 e. The van der Waals surface area contributed by atoms with Crippen molar-refractivity contribution in [1.82, 2.24) is 0 Å². The van der Waals surface area contributed by atoms with Crippen LogP contribution < -0.4 is 0 Å². The van der Waals surface area contributed by atoms with Crippen LogP contribution in [0, 0.1) is 11.3 Å². The normalized spacial score (nSPS) is 30.9. The molecule has 1 aliphatic heterocycles. The fourth-order valence-corrected chi connectivity index (χ4v) is 1.70. The van der Waals surface area contributed by atoms with Crippen molar-refractivity contribution in [3.05, 3.63) is 0 Å². The molecule has 1 heterocycles. The molecule has 1 fully saturated rings. The van der Waals surface area contributed by atoms with Gasteiger partial charge in [0, 0.05) is 6.42 Å². The summed E-state index contributed by atoms with van der Waals surface area (Å²) in [5.41, 5.74) is 0.0831. The van der Waals surface area contributed by atoms with Crippen LogP contribution in [-0.2, 0) is 9.53 Å². The molecule has 1 saturated heterocycles. The van der Waals surface area contributed by atoms with Crippen LogP contribution in [0.3, 0.4) is 0 Å². The zero-order valence-electron chi connectivity index (χ0n) is 9.09. The van der Waals surface area contributed by atoms with Crippen molar-refractivity contribution in [3.8, 4) is 0 Å². The number of carbonyl (C=O) groups is 1. The van der Waals surface area contributed by atoms with E-state index < -0.39 is 0 Å². The second kappa shape index (κ2) is 3.69. The topological polar surface area (TPSA) is 26.3 Å². The Morgan fingerprint density at radius 1 is 1.31 bits per heavy atom. The second-order valence-electron chi connectivity index (χ2n) is 5.23. The largest absolute Gasteiger partial charge is 0.462 e. The molecular weight excluding hydrogens is 164 g/mol. The van der Waals surface area contributed by atoms with Gasteiger partial charge in [-0.3, -0.25) is 4.79 Å². The number of ether oxygens (including phenoxy) is 1. The van der Waals surface area contributed by atoms with E-state index in [1.165, 1.54) is 0 Å². The highest BCUT2D eigenvalue weighted by Gasteiger charge is 2.31. The molecule has 0 aromatic rings. The Labute approximate surface area is 80.7 Å². The average molecular weight is 184 g/mol. The molecule has 0 N–H and O–H groups in total. The van der Waals surface area contributed by atoms with E-state index in [4.69, 9.17) is 4.74 Å². The van der Waals surface area contributed by atoms with E-state index in [-0.39, 0.29) is 17.5 Å². The van der Waals surface area contributed by atoms with Crippen LogP contribution >= 0.6 is 0 Å². The van der Waals surface area contributed by atoms with Gasteiger partial charge in [-0.2, -0.15) is 0 Å². The molecule has 0 unspecified atom stereocenters. The number of carbonyl (C=O) groups excluding carboxylic acids is 1. The van der Waals surface area contributed by atoms with Gasteiger partial charge in [0.15, 0.2) is 0 Å². The molecule has 0 aliphatic carbocycles. The maximum atomic E-state index is 11.3. The first-order valence-electron chi connectivity index (χ1n) is 5.09. The highest BCUT2D eigenvalue weighted by atomic mass is 16.5. The third kappa shape index (κ3) is 3.02. The van der Waals surface area contributed by atoms with Gasteiger partial charge in [0.1, 0.15) is 6.10 Å². The standard InChI is InChI=1S/C11H20O2/c1-8-5-6-9(11(2,3)4)13-10(12)7-8/h8-9H,5-7H2,1-4H3/t8-,9+/m1/s1. The fraction of sp³-hybridized carbons (Fsp3) is 0.909. The molecule has 0 spiro atoms. The maximum Gasteiger partial charge on any atom is 0.306 e. The van der Waals surface area contributed by atoms with Gasteiger partial charge < -0.3 is 4.74 Å². The minimum absolute atomic E-state index is 0.0232. The summed E-state index contributed by atoms with van der Waals surface area (Å²) in [6.07, 6.45) is 2.81. The molecule has 13 heavy (non-hydrogen) atoms. The van der Waals surface area contributed by atoms with Crippen molar-refractivity contribution >= 4 is 5.97 Å². The minimum Gasteiger partial charge on any atom is -0.462 e. The molecule has 1 rings (SSSR count). The molecule has 0 aromatic carbocycles. The monoisotopic (exact) mass is 184 g/mol. The molecule has 0 bridgehead atoms. The third-order valence-corrected chi connectivity index (χ3v) is 2.68. The molecule has 1 aliphatic rings. The van der Waals surface area contributed by atoms with E-state index in [0.717, 1.165) is 12.8 Å². The van der Waals surface area contributed by atoms with Gasteiger partial charge >= 0.3 is 5.97 Å². The van der Waals surface area contributed by atoms with Gasteiger partial charge in [0.25, 0.3) is 0 Å². The van der Waals surface area contributed by atoms with E-state index in [1.54, 1.807) is 0 Å². The van der Waals surface area contributed by atoms with Crippen molar-refractivity contribution in [3.63, 3.8) is 0 Å². The summed E-state index contributed by atoms with van der Waals surface area (Å²) in [6, 6.07) is 0. The van der Waals surface area contributed by atoms with Crippen molar-refractivity contribution < 1.29 is 9.53 Å². The number of hydrogen-bond acceptors (Lipinski definition) is 2. The van der Waals surface area contributed by atoms with E-state index in [1.807, 2.05) is 0 Å². The van der Waals surface area contributed by atoms with Gasteiger partial charge in [0.05, 0.1) is 0 Å². The van der Waals surface area contributed by atoms with Gasteiger partial charge in [-0.1, -0.05) is 27.7 Å². The predicted molar refractivity (Wildman–Crippen MR) is 52.4 cm³/mol. The fourth-order valence-electron chi connectivity index (χ4n) is 1.70. The zero-order chi connectivity index (χ0) is 10.1. The van der Waals surface area contributed by atoms with Crippen LogP contribution in [0.25, 0.3) is 0 Å². The molecule has 0 saturated carbocycles. The Balaban J connectivity index is 2.63. The van der Waals surface area contributed by atoms with Crippen LogP contribution in [0.5, 0.6) is 0 Å². The third-order valence-electron chi connectivity index (χ3n) is 2.68. The first-order chi connectivity index (χ1) is 5.89. The summed E-state index contributed by atoms with van der Waals surface area (Å²) in [5, 5.41) is 0. The Morgan fingerprint density at radius 3 is 2.46 bits per heavy atom. The van der Waals surface area contributed by atoms with E-state index in [9.17, 15) is 4.79 Å². The Kier molecular flexibility index (Phi) is 2.99. The van der Waals surface area contributed by atoms with Crippen molar-refractivity contribution in [2.75, 3.05) is 0 Å². The number of esters is 1. The molecule has 0 amide bonds. The lowest BCUT2D eigenvalue weighted by Crippen LogP contribution is -2.30. The van der Waals surface area contributed by atoms with Crippen LogP contribution in [0.15, 0.2) is 0 Å². The maximum absolute atomic E-state index is 11.3. The quantitative estimate of drug-likeness (QED) is 0.541. The summed E-state index contributed by atoms with van der Waals surface area (Å²) in [4.78, 5) is 11.3. The van der Waals surface area contributed by atoms with E-state index in [2.05, 4.69) is 27.7 Å². The number of rotatable bonds is 0. The number of hydrogen-bond donors (Lipinski definition) is 0. The summed E-state index contributed by atoms with van der Waals surface area (Å²) in [6.45, 7) is 8.50. The summed E-state index contributed by atoms with van der Waals surface area (Å²) in [5.74, 6) is 0.463. The molecule has 76 valence electrons. The van der Waals surface area contributed by atoms with Crippen molar-refractivity contribution in [2.45, 2.75) is 53.1 Å². The minimum atomic E-state index is -0.0232. The zero-order valence-corrected chi connectivity index (χ0v) is 9.09. The Hall–Kier alpha value is -0.530. The molecule has 2 atom stereocenters. The van der Waals surface area contributed by atoms with Gasteiger partial charge in [-0.05, 0) is 24.2 Å². The predicted octanol–water partition coefficient (Wildman–Crippen LogP) is 2.76. The second-order valence-corrected chi connectivity index (χ2v) is 5.23. The van der Waals surface area contributed by atoms with Crippen LogP contribution in [0.4, 0.5) is 0 Å². The highest BCUT2D eigenvalue weighted by molar-refractivity contribution is 5.70. The number of cyclic esters (lactones) is 1. The molecule has 2 nitrogen and oxygen atoms in total. The van der Waals surface area contributed by atoms with Crippen LogP contribution in [0.1, 0.15) is 47.0 Å². The van der Waals surface area contributed by atoms with Gasteiger partial charge in [-0.15, -0.1) is 0 Å². The lowest BCUT2D eigenvalue weighted by molar-refractivity contribution is -0.153. The van der Waals surface area contributed by atoms with Crippen LogP contribution in [-0.4, -0.2) is 12.1 Å². The molecular formula is C11H20O2. The van der Waals surface area contributed by atoms with Gasteiger partial charge in [0.2, 0.25) is 0 Å². The first-order valence-corrected chi connectivity index (χ1v) is 5.09. The molecule has 0 radical (unpaired) electrons. The van der Waals surface area contributed by atoms with Crippen molar-refractivity contribution in [2.24, 2.45) is 11.3 Å². The lowest BCUT2D eigenvalue weighted by Gasteiger charge is -2.28. The van der Waals surface area contributed by atoms with Crippen LogP contribution in [0.2, 0.25) is 0 Å². The first kappa shape index (κ1) is 10.6. The summed E-state index contributed by atoms with van der Waals surface area (Å²) in [7, 11) is 0. The lowest BCUT2D eigenvalue weighted by atomic mass is 9.85. The van der Waals surface area contributed by atoms with E-state index >= 15 is 0 Å². The summed E-state index contributed by atoms with van der Waals surface area (Å²) < 4.78 is 5.41. The highest BCUT2D eigenvalue weighted by Crippen LogP contribution is 2.31. The van der Waals surface area contributed by atoms with Crippen molar-refractivity contribution in [1.29, 1.82) is 0 Å². The SMILES string of the molecule is C[C@@H]1CC[C@@H](C(C)(C)C)OC(=O)C1. The molecule has 2 heteroatoms. The Morgan fingerprint density at radius 2 is 1.92 bits per heavy atom. The van der Waals surface area contributed by atoms with Gasteiger partial charge in [-0.25, -0.2) is 0 Å². The Bertz CT molecular complexity index is 191. The average Bonchev–Trinajstić information content (AvgIpc) is 2.09. The van der Waals surface area contributed by atoms with E-state index in [0.29, 0.717) is 12.3 Å². The summed E-state index contributed by atoms with van der Waals surface area (Å²) >= 11 is 0.